The van der Waals surface area contributed by atoms with Crippen molar-refractivity contribution in [1.29, 1.82) is 0 Å². The monoisotopic (exact) mass is 341 g/mol. The van der Waals surface area contributed by atoms with Gasteiger partial charge in [-0.2, -0.15) is 11.8 Å². The minimum absolute atomic E-state index is 0.0932. The van der Waals surface area contributed by atoms with Gasteiger partial charge in [0.15, 0.2) is 0 Å². The number of carbonyl (C=O) groups excluding carboxylic acids is 1. The van der Waals surface area contributed by atoms with E-state index in [0.29, 0.717) is 0 Å². The van der Waals surface area contributed by atoms with Crippen LogP contribution in [0.25, 0.3) is 0 Å². The number of carbonyl (C=O) groups is 1. The first-order chi connectivity index (χ1) is 11.8. The van der Waals surface area contributed by atoms with E-state index in [-0.39, 0.29) is 12.5 Å². The number of rotatable bonds is 6. The number of hydrogen-bond donors (Lipinski definition) is 1. The minimum Gasteiger partial charge on any atom is -0.392 e. The van der Waals surface area contributed by atoms with Crippen molar-refractivity contribution in [3.63, 3.8) is 0 Å². The maximum absolute atomic E-state index is 12.3. The van der Waals surface area contributed by atoms with Gasteiger partial charge in [0, 0.05) is 30.2 Å². The summed E-state index contributed by atoms with van der Waals surface area (Å²) in [6, 6.07) is 16.1. The molecular weight excluding hydrogens is 318 g/mol. The molecule has 0 radical (unpaired) electrons. The summed E-state index contributed by atoms with van der Waals surface area (Å²) in [7, 11) is 0. The van der Waals surface area contributed by atoms with Crippen LogP contribution >= 0.6 is 11.8 Å². The van der Waals surface area contributed by atoms with Crippen LogP contribution < -0.4 is 0 Å². The Morgan fingerprint density at radius 1 is 0.875 bits per heavy atom. The number of hydrogen-bond acceptors (Lipinski definition) is 3. The quantitative estimate of drug-likeness (QED) is 0.868. The van der Waals surface area contributed by atoms with Crippen LogP contribution in [0.2, 0.25) is 0 Å². The van der Waals surface area contributed by atoms with E-state index in [2.05, 4.69) is 24.3 Å². The van der Waals surface area contributed by atoms with Crippen molar-refractivity contribution in [2.45, 2.75) is 31.0 Å². The highest BCUT2D eigenvalue weighted by Gasteiger charge is 2.18. The van der Waals surface area contributed by atoms with Crippen molar-refractivity contribution in [2.24, 2.45) is 0 Å². The van der Waals surface area contributed by atoms with E-state index in [9.17, 15) is 4.79 Å². The summed E-state index contributed by atoms with van der Waals surface area (Å²) in [5.74, 6) is 2.04. The molecule has 126 valence electrons. The van der Waals surface area contributed by atoms with Gasteiger partial charge in [0.05, 0.1) is 6.61 Å². The average Bonchev–Trinajstić information content (AvgIpc) is 3.17. The first kappa shape index (κ1) is 17.1. The minimum atomic E-state index is 0.0932. The van der Waals surface area contributed by atoms with Crippen molar-refractivity contribution in [2.75, 3.05) is 13.1 Å². The van der Waals surface area contributed by atoms with Gasteiger partial charge in [0.2, 0.25) is 0 Å². The summed E-state index contributed by atoms with van der Waals surface area (Å²) in [4.78, 5) is 14.3. The lowest BCUT2D eigenvalue weighted by Crippen LogP contribution is -2.27. The van der Waals surface area contributed by atoms with Crippen LogP contribution in [-0.2, 0) is 18.1 Å². The third-order valence-corrected chi connectivity index (χ3v) is 5.41. The normalized spacial score (nSPS) is 14.1. The van der Waals surface area contributed by atoms with Crippen molar-refractivity contribution >= 4 is 17.7 Å². The maximum Gasteiger partial charge on any atom is 0.253 e. The zero-order valence-corrected chi connectivity index (χ0v) is 14.6. The molecule has 0 atom stereocenters. The van der Waals surface area contributed by atoms with Gasteiger partial charge in [-0.1, -0.05) is 36.4 Å². The van der Waals surface area contributed by atoms with Crippen LogP contribution in [0.1, 0.15) is 39.9 Å². The zero-order valence-electron chi connectivity index (χ0n) is 13.8. The van der Waals surface area contributed by atoms with Crippen molar-refractivity contribution in [3.8, 4) is 0 Å². The number of benzene rings is 2. The summed E-state index contributed by atoms with van der Waals surface area (Å²) in [5.41, 5.74) is 4.25. The Balaban J connectivity index is 1.49. The molecule has 1 N–H and O–H groups in total. The number of nitrogens with zero attached hydrogens (tertiary/aromatic N) is 1. The summed E-state index contributed by atoms with van der Waals surface area (Å²) in [5, 5.41) is 9.05. The molecule has 0 bridgehead atoms. The van der Waals surface area contributed by atoms with E-state index in [1.54, 1.807) is 0 Å². The lowest BCUT2D eigenvalue weighted by atomic mass is 10.1. The van der Waals surface area contributed by atoms with Gasteiger partial charge in [-0.3, -0.25) is 4.79 Å². The fourth-order valence-corrected chi connectivity index (χ4v) is 3.83. The molecule has 0 saturated carbocycles. The molecule has 3 nitrogen and oxygen atoms in total. The van der Waals surface area contributed by atoms with Crippen LogP contribution in [0.15, 0.2) is 48.5 Å². The number of aliphatic hydroxyl groups is 1. The molecule has 1 saturated heterocycles. The molecule has 1 heterocycles. The van der Waals surface area contributed by atoms with Gasteiger partial charge in [0.25, 0.3) is 5.91 Å². The maximum atomic E-state index is 12.3. The Kier molecular flexibility index (Phi) is 5.94. The van der Waals surface area contributed by atoms with E-state index in [4.69, 9.17) is 5.11 Å². The SMILES string of the molecule is O=C(c1ccc(CSCc2ccc(CO)cc2)cc1)N1CCCC1. The van der Waals surface area contributed by atoms with E-state index < -0.39 is 0 Å². The van der Waals surface area contributed by atoms with Gasteiger partial charge in [-0.25, -0.2) is 0 Å². The number of aliphatic hydroxyl groups excluding tert-OH is 1. The molecule has 1 amide bonds. The molecule has 2 aromatic carbocycles. The molecule has 24 heavy (non-hydrogen) atoms. The van der Waals surface area contributed by atoms with Crippen molar-refractivity contribution < 1.29 is 9.90 Å². The zero-order chi connectivity index (χ0) is 16.8. The molecular formula is C20H23NO2S. The summed E-state index contributed by atoms with van der Waals surface area (Å²) >= 11 is 1.85. The van der Waals surface area contributed by atoms with Gasteiger partial charge in [-0.15, -0.1) is 0 Å². The molecule has 1 aliphatic rings. The lowest BCUT2D eigenvalue weighted by Gasteiger charge is -2.15. The third-order valence-electron chi connectivity index (χ3n) is 4.34. The molecule has 1 fully saturated rings. The van der Waals surface area contributed by atoms with Crippen LogP contribution in [0.3, 0.4) is 0 Å². The van der Waals surface area contributed by atoms with Gasteiger partial charge in [0.1, 0.15) is 0 Å². The van der Waals surface area contributed by atoms with Crippen LogP contribution in [-0.4, -0.2) is 29.0 Å². The van der Waals surface area contributed by atoms with Crippen molar-refractivity contribution in [1.82, 2.24) is 4.90 Å². The first-order valence-corrected chi connectivity index (χ1v) is 9.56. The molecule has 0 aliphatic carbocycles. The molecule has 3 rings (SSSR count). The second kappa shape index (κ2) is 8.36. The van der Waals surface area contributed by atoms with Crippen LogP contribution in [0, 0.1) is 0 Å². The fourth-order valence-electron chi connectivity index (χ4n) is 2.87. The van der Waals surface area contributed by atoms with E-state index in [1.807, 2.05) is 40.9 Å². The van der Waals surface area contributed by atoms with E-state index in [0.717, 1.165) is 48.6 Å². The summed E-state index contributed by atoms with van der Waals surface area (Å²) in [6.45, 7) is 1.88. The largest absolute Gasteiger partial charge is 0.392 e. The highest BCUT2D eigenvalue weighted by atomic mass is 32.2. The molecule has 4 heteroatoms. The smallest absolute Gasteiger partial charge is 0.253 e. The Hall–Kier alpha value is -1.78. The predicted molar refractivity (Wildman–Crippen MR) is 98.9 cm³/mol. The Labute approximate surface area is 147 Å². The molecule has 0 spiro atoms. The Morgan fingerprint density at radius 2 is 1.38 bits per heavy atom. The molecule has 1 aliphatic heterocycles. The molecule has 0 unspecified atom stereocenters. The second-order valence-electron chi connectivity index (χ2n) is 6.16. The average molecular weight is 341 g/mol. The second-order valence-corrected chi connectivity index (χ2v) is 7.15. The van der Waals surface area contributed by atoms with Gasteiger partial charge in [-0.05, 0) is 41.7 Å². The third kappa shape index (κ3) is 4.40. The number of likely N-dealkylation sites (tertiary alicyclic amines) is 1. The number of amides is 1. The Morgan fingerprint density at radius 3 is 1.92 bits per heavy atom. The highest BCUT2D eigenvalue weighted by molar-refractivity contribution is 7.97. The first-order valence-electron chi connectivity index (χ1n) is 8.41. The number of thioether (sulfide) groups is 1. The van der Waals surface area contributed by atoms with Gasteiger partial charge >= 0.3 is 0 Å². The molecule has 0 aromatic heterocycles. The lowest BCUT2D eigenvalue weighted by molar-refractivity contribution is 0.0793. The summed E-state index contributed by atoms with van der Waals surface area (Å²) in [6.07, 6.45) is 2.25. The van der Waals surface area contributed by atoms with Crippen LogP contribution in [0.4, 0.5) is 0 Å². The van der Waals surface area contributed by atoms with Crippen LogP contribution in [0.5, 0.6) is 0 Å². The van der Waals surface area contributed by atoms with E-state index >= 15 is 0 Å². The highest BCUT2D eigenvalue weighted by Crippen LogP contribution is 2.20. The van der Waals surface area contributed by atoms with Gasteiger partial charge < -0.3 is 10.0 Å². The topological polar surface area (TPSA) is 40.5 Å². The fraction of sp³-hybridized carbons (Fsp3) is 0.350. The molecule has 2 aromatic rings. The van der Waals surface area contributed by atoms with Crippen molar-refractivity contribution in [3.05, 3.63) is 70.8 Å². The summed E-state index contributed by atoms with van der Waals surface area (Å²) < 4.78 is 0. The Bertz CT molecular complexity index is 661. The predicted octanol–water partition coefficient (Wildman–Crippen LogP) is 3.85. The standard InChI is InChI=1S/C20H23NO2S/c22-13-16-3-5-17(6-4-16)14-24-15-18-7-9-19(10-8-18)20(23)21-11-1-2-12-21/h3-10,22H,1-2,11-15H2. The van der Waals surface area contributed by atoms with E-state index in [1.165, 1.54) is 11.1 Å².